The Kier molecular flexibility index (Phi) is 12.0. The fourth-order valence-corrected chi connectivity index (χ4v) is 1.15. The first-order valence-corrected chi connectivity index (χ1v) is 5.13. The number of aliphatic carboxylic acids is 1. The summed E-state index contributed by atoms with van der Waals surface area (Å²) in [6.45, 7) is 1.75. The molecule has 0 fully saturated rings. The summed E-state index contributed by atoms with van der Waals surface area (Å²) >= 11 is 0. The van der Waals surface area contributed by atoms with Gasteiger partial charge in [-0.15, -0.1) is 0 Å². The maximum atomic E-state index is 11.0. The molecule has 0 aromatic rings. The molecule has 0 atom stereocenters. The molecule has 5 heteroatoms. The van der Waals surface area contributed by atoms with Crippen LogP contribution in [0, 0.1) is 0 Å². The Morgan fingerprint density at radius 1 is 1.13 bits per heavy atom. The molecule has 0 unspecified atom stereocenters. The van der Waals surface area contributed by atoms with E-state index in [2.05, 4.69) is 12.2 Å². The van der Waals surface area contributed by atoms with Crippen LogP contribution < -0.4 is 16.6 Å². The molecule has 0 spiro atoms. The zero-order chi connectivity index (χ0) is 10.8. The predicted octanol–water partition coefficient (Wildman–Crippen LogP) is 0.589. The lowest BCUT2D eigenvalue weighted by molar-refractivity contribution is -0.304. The summed E-state index contributed by atoms with van der Waals surface area (Å²) in [5, 5.41) is 12.3. The van der Waals surface area contributed by atoms with Crippen LogP contribution in [0.4, 0.5) is 0 Å². The van der Waals surface area contributed by atoms with Gasteiger partial charge in [-0.25, -0.2) is 0 Å². The first kappa shape index (κ1) is 16.3. The van der Waals surface area contributed by atoms with Gasteiger partial charge in [0.05, 0.1) is 12.5 Å². The lowest BCUT2D eigenvalue weighted by Gasteiger charge is -2.05. The Hall–Kier alpha value is -1.10. The highest BCUT2D eigenvalue weighted by molar-refractivity contribution is 5.80. The minimum absolute atomic E-state index is 0. The van der Waals surface area contributed by atoms with Crippen LogP contribution in [0.5, 0.6) is 0 Å². The molecule has 15 heavy (non-hydrogen) atoms. The predicted molar refractivity (Wildman–Crippen MR) is 57.4 cm³/mol. The minimum atomic E-state index is -1.25. The Morgan fingerprint density at radius 3 is 2.27 bits per heavy atom. The van der Waals surface area contributed by atoms with Crippen LogP contribution in [0.2, 0.25) is 0 Å². The maximum Gasteiger partial charge on any atom is 0.220 e. The Balaban J connectivity index is 0. The van der Waals surface area contributed by atoms with Crippen LogP contribution in [-0.4, -0.2) is 18.4 Å². The molecule has 0 radical (unpaired) electrons. The number of carbonyl (C=O) groups is 2. The van der Waals surface area contributed by atoms with Gasteiger partial charge in [0, 0.05) is 6.42 Å². The van der Waals surface area contributed by atoms with Crippen molar-refractivity contribution >= 4 is 11.9 Å². The van der Waals surface area contributed by atoms with Gasteiger partial charge in [-0.2, -0.15) is 0 Å². The number of carbonyl (C=O) groups excluding carboxylic acids is 2. The molecule has 0 aliphatic heterocycles. The molecule has 5 nitrogen and oxygen atoms in total. The molecule has 1 amide bonds. The molecule has 0 rings (SSSR count). The average molecular weight is 218 g/mol. The molecule has 0 bridgehead atoms. The van der Waals surface area contributed by atoms with Crippen molar-refractivity contribution in [3.63, 3.8) is 0 Å². The number of hydrogen-bond acceptors (Lipinski definition) is 3. The number of carboxylic acid groups (broad SMARTS) is 1. The van der Waals surface area contributed by atoms with Gasteiger partial charge in [-0.1, -0.05) is 32.6 Å². The van der Waals surface area contributed by atoms with E-state index in [9.17, 15) is 14.7 Å². The zero-order valence-corrected chi connectivity index (χ0v) is 9.67. The fraction of sp³-hybridized carbons (Fsp3) is 0.800. The van der Waals surface area contributed by atoms with Crippen molar-refractivity contribution in [3.05, 3.63) is 0 Å². The number of quaternary nitrogens is 1. The van der Waals surface area contributed by atoms with Gasteiger partial charge in [-0.05, 0) is 6.42 Å². The second-order valence-electron chi connectivity index (χ2n) is 3.31. The van der Waals surface area contributed by atoms with Crippen molar-refractivity contribution in [1.82, 2.24) is 11.5 Å². The van der Waals surface area contributed by atoms with Crippen LogP contribution in [0.3, 0.4) is 0 Å². The van der Waals surface area contributed by atoms with E-state index in [0.717, 1.165) is 19.3 Å². The first-order chi connectivity index (χ1) is 6.66. The van der Waals surface area contributed by atoms with E-state index in [1.165, 1.54) is 12.8 Å². The van der Waals surface area contributed by atoms with Crippen LogP contribution in [0.15, 0.2) is 0 Å². The highest BCUT2D eigenvalue weighted by Crippen LogP contribution is 2.04. The zero-order valence-electron chi connectivity index (χ0n) is 9.67. The number of carboxylic acids is 1. The lowest BCUT2D eigenvalue weighted by Crippen LogP contribution is -2.37. The average Bonchev–Trinajstić information content (AvgIpc) is 2.14. The standard InChI is InChI=1S/C10H19NO3.H3N/c1-2-3-4-5-6-7-9(12)11-8-10(13)14;/h2-8H2,1H3,(H,11,12)(H,13,14);1H3. The Labute approximate surface area is 90.8 Å². The van der Waals surface area contributed by atoms with Crippen molar-refractivity contribution in [3.8, 4) is 0 Å². The summed E-state index contributed by atoms with van der Waals surface area (Å²) in [5.41, 5.74) is 0. The topological polar surface area (TPSA) is 106 Å². The van der Waals surface area contributed by atoms with E-state index >= 15 is 0 Å². The first-order valence-electron chi connectivity index (χ1n) is 5.13. The molecule has 0 aromatic heterocycles. The van der Waals surface area contributed by atoms with Crippen LogP contribution in [0.1, 0.15) is 45.4 Å². The van der Waals surface area contributed by atoms with Gasteiger partial charge in [-0.3, -0.25) is 4.79 Å². The third-order valence-electron chi connectivity index (χ3n) is 1.94. The van der Waals surface area contributed by atoms with Gasteiger partial charge < -0.3 is 21.4 Å². The normalized spacial score (nSPS) is 9.13. The van der Waals surface area contributed by atoms with Crippen molar-refractivity contribution in [1.29, 1.82) is 0 Å². The van der Waals surface area contributed by atoms with Gasteiger partial charge >= 0.3 is 0 Å². The van der Waals surface area contributed by atoms with Gasteiger partial charge in [0.15, 0.2) is 0 Å². The largest absolute Gasteiger partial charge is 0.548 e. The lowest BCUT2D eigenvalue weighted by atomic mass is 10.1. The molecule has 0 aliphatic carbocycles. The summed E-state index contributed by atoms with van der Waals surface area (Å²) in [7, 11) is 0. The number of unbranched alkanes of at least 4 members (excludes halogenated alkanes) is 4. The van der Waals surface area contributed by atoms with Gasteiger partial charge in [0.25, 0.3) is 0 Å². The molecule has 0 heterocycles. The third-order valence-corrected chi connectivity index (χ3v) is 1.94. The van der Waals surface area contributed by atoms with E-state index in [-0.39, 0.29) is 18.6 Å². The van der Waals surface area contributed by atoms with E-state index in [4.69, 9.17) is 0 Å². The summed E-state index contributed by atoms with van der Waals surface area (Å²) in [5.74, 6) is -1.45. The summed E-state index contributed by atoms with van der Waals surface area (Å²) in [6.07, 6.45) is 5.80. The van der Waals surface area contributed by atoms with Crippen LogP contribution in [0.25, 0.3) is 0 Å². The van der Waals surface area contributed by atoms with E-state index in [1.807, 2.05) is 0 Å². The number of rotatable bonds is 8. The molecule has 5 N–H and O–H groups in total. The van der Waals surface area contributed by atoms with Crippen molar-refractivity contribution < 1.29 is 14.7 Å². The fourth-order valence-electron chi connectivity index (χ4n) is 1.15. The smallest absolute Gasteiger partial charge is 0.220 e. The van der Waals surface area contributed by atoms with Gasteiger partial charge in [0.2, 0.25) is 5.91 Å². The van der Waals surface area contributed by atoms with Crippen molar-refractivity contribution in [2.75, 3.05) is 6.54 Å². The highest BCUT2D eigenvalue weighted by atomic mass is 16.4. The van der Waals surface area contributed by atoms with Crippen LogP contribution in [-0.2, 0) is 9.59 Å². The molecule has 0 aliphatic rings. The minimum Gasteiger partial charge on any atom is -0.548 e. The molecule has 0 saturated heterocycles. The SMILES string of the molecule is CCCCCCCC(=O)NCC(=O)[O-].[NH4+]. The Bertz CT molecular complexity index is 184. The monoisotopic (exact) mass is 218 g/mol. The van der Waals surface area contributed by atoms with Gasteiger partial charge in [0.1, 0.15) is 0 Å². The van der Waals surface area contributed by atoms with Crippen molar-refractivity contribution in [2.45, 2.75) is 45.4 Å². The number of nitrogens with one attached hydrogen (secondary N) is 1. The quantitative estimate of drug-likeness (QED) is 0.582. The second kappa shape index (κ2) is 11.0. The highest BCUT2D eigenvalue weighted by Gasteiger charge is 1.99. The summed E-state index contributed by atoms with van der Waals surface area (Å²) in [4.78, 5) is 21.0. The molecule has 0 saturated carbocycles. The molecular formula is C10H22N2O3. The molecule has 90 valence electrons. The maximum absolute atomic E-state index is 11.0. The summed E-state index contributed by atoms with van der Waals surface area (Å²) in [6, 6.07) is 0. The van der Waals surface area contributed by atoms with E-state index in [0.29, 0.717) is 6.42 Å². The second-order valence-corrected chi connectivity index (χ2v) is 3.31. The third kappa shape index (κ3) is 12.9. The Morgan fingerprint density at radius 2 is 1.73 bits per heavy atom. The van der Waals surface area contributed by atoms with E-state index in [1.54, 1.807) is 0 Å². The number of hydrogen-bond donors (Lipinski definition) is 2. The molecule has 0 aromatic carbocycles. The van der Waals surface area contributed by atoms with Crippen molar-refractivity contribution in [2.24, 2.45) is 0 Å². The summed E-state index contributed by atoms with van der Waals surface area (Å²) < 4.78 is 0. The number of amides is 1. The molecular weight excluding hydrogens is 196 g/mol. The van der Waals surface area contributed by atoms with E-state index < -0.39 is 5.97 Å². The van der Waals surface area contributed by atoms with Crippen LogP contribution >= 0.6 is 0 Å².